The second-order valence-electron chi connectivity index (χ2n) is 3.32. The first-order valence-corrected chi connectivity index (χ1v) is 5.29. The van der Waals surface area contributed by atoms with Gasteiger partial charge in [0.2, 0.25) is 0 Å². The third-order valence-corrected chi connectivity index (χ3v) is 1.99. The van der Waals surface area contributed by atoms with Crippen LogP contribution in [0.3, 0.4) is 0 Å². The zero-order chi connectivity index (χ0) is 12.5. The SMILES string of the molecule is COc1ccc(OCCCOCC(=O)O)cc1. The summed E-state index contributed by atoms with van der Waals surface area (Å²) in [7, 11) is 1.61. The van der Waals surface area contributed by atoms with Gasteiger partial charge in [0, 0.05) is 6.42 Å². The molecule has 0 unspecified atom stereocenters. The summed E-state index contributed by atoms with van der Waals surface area (Å²) in [5, 5.41) is 8.33. The van der Waals surface area contributed by atoms with Gasteiger partial charge < -0.3 is 19.3 Å². The minimum Gasteiger partial charge on any atom is -0.497 e. The van der Waals surface area contributed by atoms with Crippen LogP contribution < -0.4 is 9.47 Å². The highest BCUT2D eigenvalue weighted by atomic mass is 16.5. The Bertz CT molecular complexity index is 333. The van der Waals surface area contributed by atoms with E-state index in [1.54, 1.807) is 7.11 Å². The normalized spacial score (nSPS) is 9.94. The second kappa shape index (κ2) is 7.51. The molecule has 0 amide bonds. The van der Waals surface area contributed by atoms with Gasteiger partial charge >= 0.3 is 5.97 Å². The summed E-state index contributed by atoms with van der Waals surface area (Å²) >= 11 is 0. The molecule has 0 saturated carbocycles. The molecule has 0 bridgehead atoms. The molecule has 94 valence electrons. The fourth-order valence-corrected chi connectivity index (χ4v) is 1.18. The van der Waals surface area contributed by atoms with E-state index in [2.05, 4.69) is 0 Å². The molecular weight excluding hydrogens is 224 g/mol. The Morgan fingerprint density at radius 3 is 2.41 bits per heavy atom. The number of rotatable bonds is 8. The van der Waals surface area contributed by atoms with E-state index in [4.69, 9.17) is 19.3 Å². The predicted molar refractivity (Wildman–Crippen MR) is 61.6 cm³/mol. The highest BCUT2D eigenvalue weighted by Crippen LogP contribution is 2.16. The Balaban J connectivity index is 2.11. The first kappa shape index (κ1) is 13.3. The van der Waals surface area contributed by atoms with Crippen LogP contribution in [0.1, 0.15) is 6.42 Å². The molecule has 0 heterocycles. The summed E-state index contributed by atoms with van der Waals surface area (Å²) in [6.45, 7) is 0.608. The number of carbonyl (C=O) groups is 1. The molecule has 0 spiro atoms. The van der Waals surface area contributed by atoms with E-state index in [0.717, 1.165) is 11.5 Å². The van der Waals surface area contributed by atoms with Gasteiger partial charge in [0.15, 0.2) is 0 Å². The zero-order valence-electron chi connectivity index (χ0n) is 9.72. The van der Waals surface area contributed by atoms with Crippen molar-refractivity contribution < 1.29 is 24.1 Å². The van der Waals surface area contributed by atoms with Crippen LogP contribution in [0.25, 0.3) is 0 Å². The van der Waals surface area contributed by atoms with Crippen LogP contribution in [-0.4, -0.2) is 38.0 Å². The van der Waals surface area contributed by atoms with Gasteiger partial charge in [-0.25, -0.2) is 4.79 Å². The zero-order valence-corrected chi connectivity index (χ0v) is 9.72. The van der Waals surface area contributed by atoms with Crippen LogP contribution in [0.15, 0.2) is 24.3 Å². The molecule has 5 heteroatoms. The summed E-state index contributed by atoms with van der Waals surface area (Å²) in [6.07, 6.45) is 0.652. The van der Waals surface area contributed by atoms with Crippen molar-refractivity contribution in [3.8, 4) is 11.5 Å². The van der Waals surface area contributed by atoms with E-state index >= 15 is 0 Å². The highest BCUT2D eigenvalue weighted by molar-refractivity contribution is 5.67. The maximum Gasteiger partial charge on any atom is 0.329 e. The topological polar surface area (TPSA) is 65.0 Å². The van der Waals surface area contributed by atoms with Crippen LogP contribution in [0, 0.1) is 0 Å². The summed E-state index contributed by atoms with van der Waals surface area (Å²) in [5.74, 6) is 0.576. The third-order valence-electron chi connectivity index (χ3n) is 1.99. The number of carboxylic acids is 1. The Labute approximate surface area is 99.9 Å². The van der Waals surface area contributed by atoms with E-state index in [9.17, 15) is 4.79 Å². The van der Waals surface area contributed by atoms with Crippen molar-refractivity contribution in [2.24, 2.45) is 0 Å². The van der Waals surface area contributed by atoms with Gasteiger partial charge in [0.05, 0.1) is 20.3 Å². The maximum absolute atomic E-state index is 10.1. The Kier molecular flexibility index (Phi) is 5.88. The number of methoxy groups -OCH3 is 1. The Morgan fingerprint density at radius 1 is 1.18 bits per heavy atom. The smallest absolute Gasteiger partial charge is 0.329 e. The van der Waals surface area contributed by atoms with Crippen molar-refractivity contribution in [3.63, 3.8) is 0 Å². The summed E-state index contributed by atoms with van der Waals surface area (Å²) in [6, 6.07) is 7.26. The van der Waals surface area contributed by atoms with E-state index in [-0.39, 0.29) is 6.61 Å². The molecule has 0 saturated heterocycles. The maximum atomic E-state index is 10.1. The molecule has 0 radical (unpaired) electrons. The fourth-order valence-electron chi connectivity index (χ4n) is 1.18. The number of hydrogen-bond acceptors (Lipinski definition) is 4. The fraction of sp³-hybridized carbons (Fsp3) is 0.417. The number of carboxylic acid groups (broad SMARTS) is 1. The van der Waals surface area contributed by atoms with Crippen LogP contribution in [0.4, 0.5) is 0 Å². The van der Waals surface area contributed by atoms with Crippen molar-refractivity contribution in [2.75, 3.05) is 26.9 Å². The lowest BCUT2D eigenvalue weighted by Crippen LogP contribution is -2.09. The van der Waals surface area contributed by atoms with Crippen molar-refractivity contribution >= 4 is 5.97 Å². The van der Waals surface area contributed by atoms with Gasteiger partial charge in [-0.3, -0.25) is 0 Å². The van der Waals surface area contributed by atoms with Crippen LogP contribution in [0.5, 0.6) is 11.5 Å². The average molecular weight is 240 g/mol. The van der Waals surface area contributed by atoms with Crippen molar-refractivity contribution in [2.45, 2.75) is 6.42 Å². The lowest BCUT2D eigenvalue weighted by Gasteiger charge is -2.06. The standard InChI is InChI=1S/C12H16O5/c1-15-10-3-5-11(6-4-10)17-8-2-7-16-9-12(13)14/h3-6H,2,7-9H2,1H3,(H,13,14). The van der Waals surface area contributed by atoms with Crippen molar-refractivity contribution in [1.82, 2.24) is 0 Å². The molecular formula is C12H16O5. The van der Waals surface area contributed by atoms with Gasteiger partial charge in [0.1, 0.15) is 18.1 Å². The summed E-state index contributed by atoms with van der Waals surface area (Å²) in [4.78, 5) is 10.1. The molecule has 0 aliphatic carbocycles. The lowest BCUT2D eigenvalue weighted by atomic mass is 10.3. The first-order chi connectivity index (χ1) is 8.22. The molecule has 1 rings (SSSR count). The summed E-state index contributed by atoms with van der Waals surface area (Å²) < 4.78 is 15.3. The second-order valence-corrected chi connectivity index (χ2v) is 3.32. The van der Waals surface area contributed by atoms with E-state index < -0.39 is 5.97 Å². The summed E-state index contributed by atoms with van der Waals surface area (Å²) in [5.41, 5.74) is 0. The molecule has 1 aromatic carbocycles. The molecule has 1 N–H and O–H groups in total. The van der Waals surface area contributed by atoms with Crippen LogP contribution >= 0.6 is 0 Å². The number of benzene rings is 1. The number of aliphatic carboxylic acids is 1. The third kappa shape index (κ3) is 5.77. The molecule has 0 aliphatic heterocycles. The number of hydrogen-bond donors (Lipinski definition) is 1. The molecule has 1 aromatic rings. The Morgan fingerprint density at radius 2 is 1.82 bits per heavy atom. The molecule has 0 aliphatic rings. The van der Waals surface area contributed by atoms with Gasteiger partial charge in [0.25, 0.3) is 0 Å². The van der Waals surface area contributed by atoms with E-state index in [1.807, 2.05) is 24.3 Å². The van der Waals surface area contributed by atoms with Crippen LogP contribution in [0.2, 0.25) is 0 Å². The van der Waals surface area contributed by atoms with Crippen molar-refractivity contribution in [3.05, 3.63) is 24.3 Å². The molecule has 17 heavy (non-hydrogen) atoms. The lowest BCUT2D eigenvalue weighted by molar-refractivity contribution is -0.142. The molecule has 5 nitrogen and oxygen atoms in total. The monoisotopic (exact) mass is 240 g/mol. The van der Waals surface area contributed by atoms with Gasteiger partial charge in [-0.1, -0.05) is 0 Å². The van der Waals surface area contributed by atoms with Gasteiger partial charge in [-0.2, -0.15) is 0 Å². The van der Waals surface area contributed by atoms with E-state index in [0.29, 0.717) is 19.6 Å². The average Bonchev–Trinajstić information content (AvgIpc) is 2.34. The van der Waals surface area contributed by atoms with Gasteiger partial charge in [-0.05, 0) is 24.3 Å². The first-order valence-electron chi connectivity index (χ1n) is 5.29. The van der Waals surface area contributed by atoms with Gasteiger partial charge in [-0.15, -0.1) is 0 Å². The highest BCUT2D eigenvalue weighted by Gasteiger charge is 1.97. The minimum absolute atomic E-state index is 0.261. The largest absolute Gasteiger partial charge is 0.497 e. The van der Waals surface area contributed by atoms with Crippen molar-refractivity contribution in [1.29, 1.82) is 0 Å². The van der Waals surface area contributed by atoms with Crippen LogP contribution in [-0.2, 0) is 9.53 Å². The quantitative estimate of drug-likeness (QED) is 0.699. The number of ether oxygens (including phenoxy) is 3. The predicted octanol–water partition coefficient (Wildman–Crippen LogP) is 1.57. The minimum atomic E-state index is -0.957. The Hall–Kier alpha value is -1.75. The van der Waals surface area contributed by atoms with E-state index in [1.165, 1.54) is 0 Å². The molecule has 0 aromatic heterocycles. The molecule has 0 atom stereocenters. The molecule has 0 fully saturated rings.